The predicted octanol–water partition coefficient (Wildman–Crippen LogP) is 2.45. The van der Waals surface area contributed by atoms with Crippen molar-refractivity contribution in [3.8, 4) is 0 Å². The summed E-state index contributed by atoms with van der Waals surface area (Å²) in [5.74, 6) is 0. The van der Waals surface area contributed by atoms with E-state index in [0.29, 0.717) is 6.04 Å². The molecule has 1 saturated heterocycles. The fourth-order valence-electron chi connectivity index (χ4n) is 1.98. The molecule has 1 amide bonds. The van der Waals surface area contributed by atoms with Crippen LogP contribution < -0.4 is 0 Å². The van der Waals surface area contributed by atoms with Crippen molar-refractivity contribution in [3.63, 3.8) is 0 Å². The average molecular weight is 264 g/mol. The normalized spacial score (nSPS) is 17.4. The Balaban J connectivity index is 2.37. The minimum atomic E-state index is -0.250. The van der Waals surface area contributed by atoms with E-state index in [4.69, 9.17) is 4.74 Å². The molecule has 1 aliphatic heterocycles. The van der Waals surface area contributed by atoms with Crippen LogP contribution in [0.2, 0.25) is 0 Å². The van der Waals surface area contributed by atoms with Crippen molar-refractivity contribution >= 4 is 6.09 Å². The van der Waals surface area contributed by atoms with Crippen molar-refractivity contribution < 1.29 is 9.53 Å². The van der Waals surface area contributed by atoms with Crippen LogP contribution in [-0.4, -0.2) is 54.7 Å². The van der Waals surface area contributed by atoms with Gasteiger partial charge in [0.2, 0.25) is 0 Å². The Morgan fingerprint density at radius 1 is 1.26 bits per heavy atom. The maximum Gasteiger partial charge on any atom is 0.410 e. The third-order valence-corrected chi connectivity index (χ3v) is 3.26. The minimum absolute atomic E-state index is 0.249. The molecule has 4 nitrogen and oxygen atoms in total. The quantitative estimate of drug-likeness (QED) is 0.715. The van der Waals surface area contributed by atoms with Gasteiger partial charge in [0.25, 0.3) is 0 Å². The molecule has 106 valence electrons. The minimum Gasteiger partial charge on any atom is -0.445 e. The summed E-state index contributed by atoms with van der Waals surface area (Å²) in [6.07, 6.45) is 4.87. The number of carbonyl (C=O) groups excluding carboxylic acids is 1. The van der Waals surface area contributed by atoms with Gasteiger partial charge in [-0.2, -0.15) is 0 Å². The lowest BCUT2D eigenvalue weighted by Crippen LogP contribution is -2.50. The zero-order valence-electron chi connectivity index (χ0n) is 12.0. The molecule has 0 bridgehead atoms. The van der Waals surface area contributed by atoms with E-state index in [1.807, 2.05) is 0 Å². The van der Waals surface area contributed by atoms with Gasteiger partial charge < -0.3 is 9.64 Å². The molecule has 0 unspecified atom stereocenters. The van der Waals surface area contributed by atoms with Gasteiger partial charge in [-0.25, -0.2) is 4.79 Å². The van der Waals surface area contributed by atoms with Crippen molar-refractivity contribution in [1.29, 1.82) is 0 Å². The van der Waals surface area contributed by atoms with Gasteiger partial charge in [0.15, 0.2) is 0 Å². The zero-order valence-corrected chi connectivity index (χ0v) is 12.0. The molecule has 0 aliphatic carbocycles. The molecule has 4 heteroatoms. The van der Waals surface area contributed by atoms with Gasteiger partial charge in [-0.05, 0) is 19.4 Å². The predicted molar refractivity (Wildman–Crippen MR) is 78.1 cm³/mol. The Hall–Kier alpha value is -1.55. The zero-order chi connectivity index (χ0) is 14.3. The van der Waals surface area contributed by atoms with Gasteiger partial charge >= 0.3 is 6.09 Å². The summed E-state index contributed by atoms with van der Waals surface area (Å²) in [4.78, 5) is 16.0. The summed E-state index contributed by atoms with van der Waals surface area (Å²) < 4.78 is 5.26. The van der Waals surface area contributed by atoms with Crippen LogP contribution in [0.4, 0.5) is 4.79 Å². The molecule has 1 fully saturated rings. The maximum atomic E-state index is 11.9. The highest BCUT2D eigenvalue weighted by molar-refractivity contribution is 5.68. The fourth-order valence-corrected chi connectivity index (χ4v) is 1.98. The molecule has 0 aromatic rings. The number of piperazine rings is 1. The first kappa shape index (κ1) is 15.5. The molecule has 0 atom stereocenters. The average Bonchev–Trinajstić information content (AvgIpc) is 2.43. The Morgan fingerprint density at radius 3 is 2.37 bits per heavy atom. The second kappa shape index (κ2) is 7.79. The van der Waals surface area contributed by atoms with Crippen molar-refractivity contribution in [2.45, 2.75) is 19.9 Å². The lowest BCUT2D eigenvalue weighted by atomic mass is 10.2. The van der Waals surface area contributed by atoms with Gasteiger partial charge in [-0.1, -0.05) is 31.4 Å². The van der Waals surface area contributed by atoms with Crippen LogP contribution in [0.1, 0.15) is 13.8 Å². The molecule has 0 aromatic heterocycles. The second-order valence-corrected chi connectivity index (χ2v) is 4.85. The van der Waals surface area contributed by atoms with E-state index in [-0.39, 0.29) is 12.7 Å². The van der Waals surface area contributed by atoms with Gasteiger partial charge in [-0.15, -0.1) is 0 Å². The van der Waals surface area contributed by atoms with Gasteiger partial charge in [0.1, 0.15) is 6.61 Å². The van der Waals surface area contributed by atoms with E-state index < -0.39 is 0 Å². The number of hydrogen-bond donors (Lipinski definition) is 0. The first-order valence-electron chi connectivity index (χ1n) is 6.68. The number of nitrogens with zero attached hydrogens (tertiary/aromatic N) is 2. The summed E-state index contributed by atoms with van der Waals surface area (Å²) in [7, 11) is 0. The molecule has 0 spiro atoms. The number of amides is 1. The molecule has 19 heavy (non-hydrogen) atoms. The molecule has 0 radical (unpaired) electrons. The number of carbonyl (C=O) groups is 1. The lowest BCUT2D eigenvalue weighted by Gasteiger charge is -2.36. The van der Waals surface area contributed by atoms with Crippen molar-refractivity contribution in [2.75, 3.05) is 32.8 Å². The van der Waals surface area contributed by atoms with Crippen LogP contribution >= 0.6 is 0 Å². The molecule has 0 N–H and O–H groups in total. The van der Waals surface area contributed by atoms with Crippen molar-refractivity contribution in [2.24, 2.45) is 0 Å². The van der Waals surface area contributed by atoms with Crippen molar-refractivity contribution in [1.82, 2.24) is 9.80 Å². The topological polar surface area (TPSA) is 32.8 Å². The first-order chi connectivity index (χ1) is 9.08. The number of rotatable bonds is 5. The Labute approximate surface area is 116 Å². The fraction of sp³-hybridized carbons (Fsp3) is 0.533. The molecule has 0 saturated carbocycles. The largest absolute Gasteiger partial charge is 0.445 e. The molecule has 1 heterocycles. The monoisotopic (exact) mass is 264 g/mol. The maximum absolute atomic E-state index is 11.9. The summed E-state index contributed by atoms with van der Waals surface area (Å²) in [6, 6.07) is 0.529. The van der Waals surface area contributed by atoms with Crippen LogP contribution in [0.15, 0.2) is 37.0 Å². The first-order valence-corrected chi connectivity index (χ1v) is 6.68. The lowest BCUT2D eigenvalue weighted by molar-refractivity contribution is 0.0734. The Kier molecular flexibility index (Phi) is 6.36. The highest BCUT2D eigenvalue weighted by Crippen LogP contribution is 2.08. The summed E-state index contributed by atoms with van der Waals surface area (Å²) in [6.45, 7) is 15.1. The highest BCUT2D eigenvalue weighted by atomic mass is 16.6. The third kappa shape index (κ3) is 4.91. The Morgan fingerprint density at radius 2 is 1.89 bits per heavy atom. The van der Waals surface area contributed by atoms with E-state index in [1.165, 1.54) is 0 Å². The molecule has 1 aliphatic rings. The summed E-state index contributed by atoms with van der Waals surface area (Å²) >= 11 is 0. The van der Waals surface area contributed by atoms with Crippen LogP contribution in [0.3, 0.4) is 0 Å². The van der Waals surface area contributed by atoms with E-state index in [0.717, 1.165) is 31.8 Å². The van der Waals surface area contributed by atoms with Crippen LogP contribution in [0, 0.1) is 0 Å². The Bertz CT molecular complexity index is 353. The molecular formula is C15H24N2O2. The van der Waals surface area contributed by atoms with Gasteiger partial charge in [0, 0.05) is 32.2 Å². The van der Waals surface area contributed by atoms with Gasteiger partial charge in [-0.3, -0.25) is 4.90 Å². The van der Waals surface area contributed by atoms with Crippen molar-refractivity contribution in [3.05, 3.63) is 37.0 Å². The number of ether oxygens (including phenoxy) is 1. The summed E-state index contributed by atoms with van der Waals surface area (Å²) in [5, 5.41) is 0. The number of allylic oxidation sites excluding steroid dienone is 2. The van der Waals surface area contributed by atoms with Crippen LogP contribution in [-0.2, 0) is 4.74 Å². The highest BCUT2D eigenvalue weighted by Gasteiger charge is 2.23. The number of hydrogen-bond acceptors (Lipinski definition) is 3. The molecule has 1 rings (SSSR count). The van der Waals surface area contributed by atoms with Crippen LogP contribution in [0.5, 0.6) is 0 Å². The second-order valence-electron chi connectivity index (χ2n) is 4.85. The van der Waals surface area contributed by atoms with E-state index in [9.17, 15) is 4.79 Å². The van der Waals surface area contributed by atoms with E-state index in [1.54, 1.807) is 23.1 Å². The SMILES string of the molecule is C=C/C=C(\C=C)COC(=O)N1CCN(C(C)C)CC1. The standard InChI is InChI=1S/C15H24N2O2/c1-5-7-14(6-2)12-19-15(18)17-10-8-16(9-11-17)13(3)4/h5-7,13H,1-2,8-12H2,3-4H3/b14-7+. The van der Waals surface area contributed by atoms with E-state index in [2.05, 4.69) is 31.9 Å². The third-order valence-electron chi connectivity index (χ3n) is 3.26. The van der Waals surface area contributed by atoms with Crippen LogP contribution in [0.25, 0.3) is 0 Å². The van der Waals surface area contributed by atoms with E-state index >= 15 is 0 Å². The molecular weight excluding hydrogens is 240 g/mol. The summed E-state index contributed by atoms with van der Waals surface area (Å²) in [5.41, 5.74) is 0.851. The smallest absolute Gasteiger partial charge is 0.410 e. The van der Waals surface area contributed by atoms with Gasteiger partial charge in [0.05, 0.1) is 0 Å². The molecule has 0 aromatic carbocycles.